The van der Waals surface area contributed by atoms with Crippen molar-refractivity contribution in [1.29, 1.82) is 0 Å². The van der Waals surface area contributed by atoms with E-state index in [1.807, 2.05) is 23.9 Å². The van der Waals surface area contributed by atoms with Gasteiger partial charge in [0.2, 0.25) is 0 Å². The van der Waals surface area contributed by atoms with E-state index in [4.69, 9.17) is 11.6 Å². The van der Waals surface area contributed by atoms with Gasteiger partial charge in [-0.1, -0.05) is 11.6 Å². The number of fused-ring (bicyclic) bond motifs is 1. The smallest absolute Gasteiger partial charge is 0.256 e. The van der Waals surface area contributed by atoms with Crippen LogP contribution in [0, 0.1) is 0 Å². The first kappa shape index (κ1) is 11.0. The number of halogens is 1. The minimum atomic E-state index is -0.136. The molecule has 4 nitrogen and oxygen atoms in total. The quantitative estimate of drug-likeness (QED) is 0.760. The zero-order valence-corrected chi connectivity index (χ0v) is 10.1. The van der Waals surface area contributed by atoms with E-state index >= 15 is 0 Å². The maximum Gasteiger partial charge on any atom is 0.256 e. The fraction of sp³-hybridized carbons (Fsp3) is 0.273. The molecule has 0 fully saturated rings. The summed E-state index contributed by atoms with van der Waals surface area (Å²) in [6, 6.07) is 1.86. The lowest BCUT2D eigenvalue weighted by molar-refractivity contribution is 0.0827. The molecule has 0 radical (unpaired) electrons. The van der Waals surface area contributed by atoms with E-state index in [1.54, 1.807) is 14.1 Å². The third-order valence-electron chi connectivity index (χ3n) is 2.47. The minimum Gasteiger partial charge on any atom is -0.345 e. The van der Waals surface area contributed by atoms with Gasteiger partial charge < -0.3 is 9.47 Å². The van der Waals surface area contributed by atoms with Gasteiger partial charge in [-0.2, -0.15) is 0 Å². The maximum absolute atomic E-state index is 11.8. The number of rotatable bonds is 1. The number of amides is 1. The topological polar surface area (TPSA) is 38.1 Å². The highest BCUT2D eigenvalue weighted by atomic mass is 35.5. The second kappa shape index (κ2) is 3.79. The van der Waals surface area contributed by atoms with Crippen molar-refractivity contribution in [3.05, 3.63) is 29.0 Å². The normalized spacial score (nSPS) is 10.8. The monoisotopic (exact) mass is 237 g/mol. The molecule has 0 aliphatic heterocycles. The third kappa shape index (κ3) is 1.55. The molecule has 84 valence electrons. The van der Waals surface area contributed by atoms with Crippen LogP contribution in [0.4, 0.5) is 0 Å². The van der Waals surface area contributed by atoms with Crippen molar-refractivity contribution >= 4 is 28.5 Å². The Labute approximate surface area is 98.4 Å². The van der Waals surface area contributed by atoms with Crippen LogP contribution in [-0.4, -0.2) is 34.5 Å². The summed E-state index contributed by atoms with van der Waals surface area (Å²) in [7, 11) is 5.26. The summed E-state index contributed by atoms with van der Waals surface area (Å²) < 4.78 is 1.87. The predicted octanol–water partition coefficient (Wildman–Crippen LogP) is 1.93. The summed E-state index contributed by atoms with van der Waals surface area (Å²) in [4.78, 5) is 17.5. The van der Waals surface area contributed by atoms with E-state index in [0.717, 1.165) is 11.0 Å². The number of hydrogen-bond donors (Lipinski definition) is 0. The Morgan fingerprint density at radius 2 is 2.19 bits per heavy atom. The molecular weight excluding hydrogens is 226 g/mol. The number of nitrogens with zero attached hydrogens (tertiary/aromatic N) is 3. The Kier molecular flexibility index (Phi) is 2.59. The summed E-state index contributed by atoms with van der Waals surface area (Å²) in [5.41, 5.74) is 1.21. The van der Waals surface area contributed by atoms with Gasteiger partial charge in [-0.15, -0.1) is 0 Å². The molecule has 2 heterocycles. The molecule has 1 amide bonds. The Morgan fingerprint density at radius 1 is 1.50 bits per heavy atom. The summed E-state index contributed by atoms with van der Waals surface area (Å²) >= 11 is 6.19. The molecular formula is C11H12ClN3O. The van der Waals surface area contributed by atoms with E-state index in [2.05, 4.69) is 4.98 Å². The van der Waals surface area contributed by atoms with Crippen molar-refractivity contribution in [1.82, 2.24) is 14.5 Å². The largest absolute Gasteiger partial charge is 0.345 e. The van der Waals surface area contributed by atoms with E-state index in [9.17, 15) is 4.79 Å². The number of aromatic nitrogens is 2. The lowest BCUT2D eigenvalue weighted by Crippen LogP contribution is -2.22. The van der Waals surface area contributed by atoms with Gasteiger partial charge in [0.1, 0.15) is 5.65 Å². The predicted molar refractivity (Wildman–Crippen MR) is 63.7 cm³/mol. The molecule has 0 aromatic carbocycles. The molecule has 2 rings (SSSR count). The average Bonchev–Trinajstić information content (AvgIpc) is 2.61. The second-order valence-corrected chi connectivity index (χ2v) is 4.23. The fourth-order valence-electron chi connectivity index (χ4n) is 1.57. The molecule has 0 atom stereocenters. The van der Waals surface area contributed by atoms with Gasteiger partial charge in [-0.25, -0.2) is 4.98 Å². The molecule has 0 spiro atoms. The third-order valence-corrected chi connectivity index (χ3v) is 2.87. The Hall–Kier alpha value is -1.55. The summed E-state index contributed by atoms with van der Waals surface area (Å²) in [5.74, 6) is -0.136. The zero-order chi connectivity index (χ0) is 11.9. The Balaban J connectivity index is 2.66. The number of carbonyl (C=O) groups is 1. The molecule has 16 heavy (non-hydrogen) atoms. The van der Waals surface area contributed by atoms with Crippen LogP contribution in [0.3, 0.4) is 0 Å². The molecule has 0 bridgehead atoms. The standard InChI is InChI=1S/C11H12ClN3O/c1-14(2)11(16)8-6-13-10-7(9(8)12)4-5-15(10)3/h4-6H,1-3H3. The minimum absolute atomic E-state index is 0.136. The van der Waals surface area contributed by atoms with Crippen molar-refractivity contribution in [3.63, 3.8) is 0 Å². The van der Waals surface area contributed by atoms with Gasteiger partial charge in [-0.05, 0) is 6.07 Å². The number of aryl methyl sites for hydroxylation is 1. The Bertz CT molecular complexity index is 560. The van der Waals surface area contributed by atoms with Crippen molar-refractivity contribution in [2.24, 2.45) is 7.05 Å². The van der Waals surface area contributed by atoms with E-state index in [0.29, 0.717) is 10.6 Å². The molecule has 0 saturated heterocycles. The SMILES string of the molecule is CN(C)C(=O)c1cnc2c(ccn2C)c1Cl. The summed E-state index contributed by atoms with van der Waals surface area (Å²) in [6.45, 7) is 0. The van der Waals surface area contributed by atoms with Crippen LogP contribution in [0.25, 0.3) is 11.0 Å². The van der Waals surface area contributed by atoms with Crippen LogP contribution in [0.15, 0.2) is 18.5 Å². The van der Waals surface area contributed by atoms with Crippen molar-refractivity contribution < 1.29 is 4.79 Å². The van der Waals surface area contributed by atoms with Crippen LogP contribution in [0.2, 0.25) is 5.02 Å². The average molecular weight is 238 g/mol. The highest BCUT2D eigenvalue weighted by molar-refractivity contribution is 6.38. The van der Waals surface area contributed by atoms with E-state index in [-0.39, 0.29) is 5.91 Å². The van der Waals surface area contributed by atoms with Crippen molar-refractivity contribution in [2.45, 2.75) is 0 Å². The van der Waals surface area contributed by atoms with Crippen LogP contribution in [0.5, 0.6) is 0 Å². The molecule has 0 N–H and O–H groups in total. The number of pyridine rings is 1. The Morgan fingerprint density at radius 3 is 2.81 bits per heavy atom. The molecule has 5 heteroatoms. The van der Waals surface area contributed by atoms with E-state index < -0.39 is 0 Å². The first-order chi connectivity index (χ1) is 7.52. The van der Waals surface area contributed by atoms with Gasteiger partial charge in [0.15, 0.2) is 0 Å². The van der Waals surface area contributed by atoms with Gasteiger partial charge in [0.05, 0.1) is 10.6 Å². The van der Waals surface area contributed by atoms with Crippen molar-refractivity contribution in [3.8, 4) is 0 Å². The lowest BCUT2D eigenvalue weighted by atomic mass is 10.2. The van der Waals surface area contributed by atoms with Crippen LogP contribution < -0.4 is 0 Å². The molecule has 0 aliphatic carbocycles. The first-order valence-electron chi connectivity index (χ1n) is 4.83. The van der Waals surface area contributed by atoms with Crippen LogP contribution in [-0.2, 0) is 7.05 Å². The number of hydrogen-bond acceptors (Lipinski definition) is 2. The van der Waals surface area contributed by atoms with Crippen LogP contribution >= 0.6 is 11.6 Å². The highest BCUT2D eigenvalue weighted by Crippen LogP contribution is 2.26. The van der Waals surface area contributed by atoms with E-state index in [1.165, 1.54) is 11.1 Å². The fourth-order valence-corrected chi connectivity index (χ4v) is 1.85. The molecule has 0 saturated carbocycles. The molecule has 0 unspecified atom stereocenters. The van der Waals surface area contributed by atoms with Gasteiger partial charge >= 0.3 is 0 Å². The molecule has 0 aliphatic rings. The first-order valence-corrected chi connectivity index (χ1v) is 5.21. The second-order valence-electron chi connectivity index (χ2n) is 3.85. The lowest BCUT2D eigenvalue weighted by Gasteiger charge is -2.11. The van der Waals surface area contributed by atoms with Crippen LogP contribution in [0.1, 0.15) is 10.4 Å². The molecule has 2 aromatic heterocycles. The number of carbonyl (C=O) groups excluding carboxylic acids is 1. The highest BCUT2D eigenvalue weighted by Gasteiger charge is 2.16. The summed E-state index contributed by atoms with van der Waals surface area (Å²) in [5, 5.41) is 1.26. The molecule has 2 aromatic rings. The van der Waals surface area contributed by atoms with Crippen molar-refractivity contribution in [2.75, 3.05) is 14.1 Å². The summed E-state index contributed by atoms with van der Waals surface area (Å²) in [6.07, 6.45) is 3.39. The zero-order valence-electron chi connectivity index (χ0n) is 9.36. The van der Waals surface area contributed by atoms with Gasteiger partial charge in [0, 0.05) is 38.9 Å². The van der Waals surface area contributed by atoms with Gasteiger partial charge in [0.25, 0.3) is 5.91 Å². The van der Waals surface area contributed by atoms with Gasteiger partial charge in [-0.3, -0.25) is 4.79 Å². The maximum atomic E-state index is 11.8.